The Morgan fingerprint density at radius 3 is 2.68 bits per heavy atom. The first-order valence-corrected chi connectivity index (χ1v) is 11.3. The molecule has 9 heteroatoms. The highest BCUT2D eigenvalue weighted by Crippen LogP contribution is 2.29. The van der Waals surface area contributed by atoms with Crippen molar-refractivity contribution in [1.29, 1.82) is 0 Å². The predicted molar refractivity (Wildman–Crippen MR) is 129 cm³/mol. The lowest BCUT2D eigenvalue weighted by Gasteiger charge is -2.12. The minimum Gasteiger partial charge on any atom is -0.497 e. The molecule has 0 fully saturated rings. The minimum absolute atomic E-state index is 0.0413. The van der Waals surface area contributed by atoms with E-state index in [1.54, 1.807) is 43.5 Å². The topological polar surface area (TPSA) is 86.4 Å². The molecule has 0 bridgehead atoms. The van der Waals surface area contributed by atoms with E-state index in [4.69, 9.17) is 14.1 Å². The molecule has 2 heterocycles. The molecule has 0 aliphatic rings. The highest BCUT2D eigenvalue weighted by molar-refractivity contribution is 7.99. The lowest BCUT2D eigenvalue weighted by Crippen LogP contribution is -2.22. The van der Waals surface area contributed by atoms with E-state index in [-0.39, 0.29) is 22.8 Å². The number of rotatable bonds is 6. The van der Waals surface area contributed by atoms with Crippen LogP contribution >= 0.6 is 11.8 Å². The number of ether oxygens (including phenoxy) is 1. The van der Waals surface area contributed by atoms with Crippen LogP contribution in [0, 0.1) is 5.82 Å². The molecular formula is C25H18FN3O4S. The molecule has 5 rings (SSSR count). The van der Waals surface area contributed by atoms with E-state index in [0.717, 1.165) is 11.8 Å². The second kappa shape index (κ2) is 9.03. The number of amides is 1. The maximum Gasteiger partial charge on any atom is 0.302 e. The van der Waals surface area contributed by atoms with E-state index in [1.807, 2.05) is 18.2 Å². The lowest BCUT2D eigenvalue weighted by molar-refractivity contribution is -0.113. The number of thioether (sulfide) groups is 1. The first-order chi connectivity index (χ1) is 16.5. The van der Waals surface area contributed by atoms with E-state index < -0.39 is 5.82 Å². The van der Waals surface area contributed by atoms with Crippen LogP contribution < -0.4 is 15.6 Å². The van der Waals surface area contributed by atoms with Crippen molar-refractivity contribution < 1.29 is 18.3 Å². The lowest BCUT2D eigenvalue weighted by atomic mass is 10.2. The molecule has 0 saturated carbocycles. The molecular weight excluding hydrogens is 457 g/mol. The summed E-state index contributed by atoms with van der Waals surface area (Å²) in [6, 6.07) is 19.8. The van der Waals surface area contributed by atoms with Crippen molar-refractivity contribution in [3.8, 4) is 11.4 Å². The zero-order valence-electron chi connectivity index (χ0n) is 17.9. The Bertz CT molecular complexity index is 1580. The number of carbonyl (C=O) groups is 1. The number of anilines is 1. The largest absolute Gasteiger partial charge is 0.497 e. The highest BCUT2D eigenvalue weighted by atomic mass is 32.2. The van der Waals surface area contributed by atoms with Gasteiger partial charge in [-0.3, -0.25) is 14.2 Å². The number of methoxy groups -OCH3 is 1. The number of aromatic nitrogens is 2. The van der Waals surface area contributed by atoms with Crippen molar-refractivity contribution in [3.63, 3.8) is 0 Å². The van der Waals surface area contributed by atoms with Gasteiger partial charge in [0.1, 0.15) is 22.7 Å². The molecule has 170 valence electrons. The Hall–Kier alpha value is -4.11. The fourth-order valence-corrected chi connectivity index (χ4v) is 4.38. The van der Waals surface area contributed by atoms with Crippen LogP contribution in [0.2, 0.25) is 0 Å². The van der Waals surface area contributed by atoms with Gasteiger partial charge in [0.2, 0.25) is 11.5 Å². The summed E-state index contributed by atoms with van der Waals surface area (Å²) in [5, 5.41) is 3.69. The number of furan rings is 1. The second-order valence-electron chi connectivity index (χ2n) is 7.36. The molecule has 0 spiro atoms. The molecule has 7 nitrogen and oxygen atoms in total. The van der Waals surface area contributed by atoms with Gasteiger partial charge in [-0.1, -0.05) is 30.0 Å². The number of hydrogen-bond acceptors (Lipinski definition) is 6. The van der Waals surface area contributed by atoms with Gasteiger partial charge in [0.25, 0.3) is 0 Å². The zero-order chi connectivity index (χ0) is 23.7. The predicted octanol–water partition coefficient (Wildman–Crippen LogP) is 5.01. The molecule has 0 saturated heterocycles. The Kier molecular flexibility index (Phi) is 5.77. The molecule has 3 aromatic carbocycles. The number of nitrogens with zero attached hydrogens (tertiary/aromatic N) is 2. The van der Waals surface area contributed by atoms with Gasteiger partial charge in [-0.15, -0.1) is 0 Å². The number of hydrogen-bond donors (Lipinski definition) is 1. The van der Waals surface area contributed by atoms with Crippen LogP contribution in [0.3, 0.4) is 0 Å². The molecule has 5 aromatic rings. The molecule has 0 aliphatic heterocycles. The van der Waals surface area contributed by atoms with Gasteiger partial charge in [-0.2, -0.15) is 0 Å². The van der Waals surface area contributed by atoms with Gasteiger partial charge in [0.15, 0.2) is 5.16 Å². The summed E-state index contributed by atoms with van der Waals surface area (Å²) >= 11 is 1.10. The van der Waals surface area contributed by atoms with Gasteiger partial charge >= 0.3 is 5.56 Å². The summed E-state index contributed by atoms with van der Waals surface area (Å²) in [6.07, 6.45) is 0. The summed E-state index contributed by atoms with van der Waals surface area (Å²) < 4.78 is 25.9. The molecule has 0 unspecified atom stereocenters. The fourth-order valence-electron chi connectivity index (χ4n) is 3.57. The molecule has 0 aliphatic carbocycles. The standard InChI is InChI=1S/C25H18FN3O4S/c1-32-18-11-9-17(10-12-18)29-24(31)23-22(19-7-2-3-8-20(19)33-23)28-25(29)34-14-21(30)27-16-6-4-5-15(26)13-16/h2-13H,14H2,1H3,(H,27,30). The number of fused-ring (bicyclic) bond motifs is 3. The van der Waals surface area contributed by atoms with E-state index in [2.05, 4.69) is 5.32 Å². The van der Waals surface area contributed by atoms with Crippen LogP contribution in [0.4, 0.5) is 10.1 Å². The highest BCUT2D eigenvalue weighted by Gasteiger charge is 2.20. The van der Waals surface area contributed by atoms with Crippen LogP contribution in [0.15, 0.2) is 87.2 Å². The van der Waals surface area contributed by atoms with Crippen LogP contribution in [0.5, 0.6) is 5.75 Å². The Morgan fingerprint density at radius 2 is 1.91 bits per heavy atom. The van der Waals surface area contributed by atoms with Gasteiger partial charge in [0.05, 0.1) is 18.6 Å². The number of carbonyl (C=O) groups excluding carboxylic acids is 1. The number of benzene rings is 3. The first-order valence-electron chi connectivity index (χ1n) is 10.3. The molecule has 0 atom stereocenters. The minimum atomic E-state index is -0.447. The summed E-state index contributed by atoms with van der Waals surface area (Å²) in [5.41, 5.74) is 1.62. The number of para-hydroxylation sites is 1. The summed E-state index contributed by atoms with van der Waals surface area (Å²) in [4.78, 5) is 30.7. The zero-order valence-corrected chi connectivity index (χ0v) is 18.8. The van der Waals surface area contributed by atoms with Crippen molar-refractivity contribution in [2.75, 3.05) is 18.2 Å². The average molecular weight is 476 g/mol. The maximum atomic E-state index is 13.5. The summed E-state index contributed by atoms with van der Waals surface area (Å²) in [6.45, 7) is 0. The Balaban J connectivity index is 1.55. The molecule has 34 heavy (non-hydrogen) atoms. The van der Waals surface area contributed by atoms with Crippen molar-refractivity contribution in [1.82, 2.24) is 9.55 Å². The van der Waals surface area contributed by atoms with E-state index in [0.29, 0.717) is 38.8 Å². The van der Waals surface area contributed by atoms with E-state index >= 15 is 0 Å². The Morgan fingerprint density at radius 1 is 1.12 bits per heavy atom. The molecule has 0 radical (unpaired) electrons. The maximum absolute atomic E-state index is 13.5. The third-order valence-electron chi connectivity index (χ3n) is 5.14. The smallest absolute Gasteiger partial charge is 0.302 e. The normalized spacial score (nSPS) is 11.1. The van der Waals surface area contributed by atoms with Crippen LogP contribution in [0.25, 0.3) is 27.8 Å². The monoisotopic (exact) mass is 475 g/mol. The third-order valence-corrected chi connectivity index (χ3v) is 6.08. The molecule has 1 amide bonds. The van der Waals surface area contributed by atoms with Crippen molar-refractivity contribution in [2.24, 2.45) is 0 Å². The van der Waals surface area contributed by atoms with Crippen LogP contribution in [-0.2, 0) is 4.79 Å². The van der Waals surface area contributed by atoms with Crippen molar-refractivity contribution >= 4 is 45.4 Å². The quantitative estimate of drug-likeness (QED) is 0.274. The Labute approximate surface area is 197 Å². The summed E-state index contributed by atoms with van der Waals surface area (Å²) in [7, 11) is 1.56. The average Bonchev–Trinajstić information content (AvgIpc) is 3.22. The first kappa shape index (κ1) is 21.7. The number of halogens is 1. The van der Waals surface area contributed by atoms with Crippen LogP contribution in [0.1, 0.15) is 0 Å². The van der Waals surface area contributed by atoms with Crippen LogP contribution in [-0.4, -0.2) is 28.3 Å². The molecule has 2 aromatic heterocycles. The SMILES string of the molecule is COc1ccc(-n2c(SCC(=O)Nc3cccc(F)c3)nc3c(oc4ccccc43)c2=O)cc1. The van der Waals surface area contributed by atoms with Crippen molar-refractivity contribution in [3.05, 3.63) is 89.0 Å². The number of nitrogens with one attached hydrogen (secondary N) is 1. The van der Waals surface area contributed by atoms with Gasteiger partial charge in [-0.25, -0.2) is 9.37 Å². The van der Waals surface area contributed by atoms with Gasteiger partial charge in [-0.05, 0) is 54.6 Å². The fraction of sp³-hybridized carbons (Fsp3) is 0.0800. The van der Waals surface area contributed by atoms with Gasteiger partial charge in [0, 0.05) is 11.1 Å². The third kappa shape index (κ3) is 4.13. The van der Waals surface area contributed by atoms with E-state index in [9.17, 15) is 14.0 Å². The summed E-state index contributed by atoms with van der Waals surface area (Å²) in [5.74, 6) is -0.209. The van der Waals surface area contributed by atoms with Crippen molar-refractivity contribution in [2.45, 2.75) is 5.16 Å². The van der Waals surface area contributed by atoms with Gasteiger partial charge < -0.3 is 14.5 Å². The molecule has 1 N–H and O–H groups in total. The van der Waals surface area contributed by atoms with E-state index in [1.165, 1.54) is 22.8 Å². The second-order valence-corrected chi connectivity index (χ2v) is 8.30.